The molecule has 0 spiro atoms. The molecule has 0 radical (unpaired) electrons. The summed E-state index contributed by atoms with van der Waals surface area (Å²) in [4.78, 5) is 16.5. The Bertz CT molecular complexity index is 941. The number of rotatable bonds is 7. The molecule has 0 saturated heterocycles. The summed E-state index contributed by atoms with van der Waals surface area (Å²) in [6.45, 7) is 3.93. The van der Waals surface area contributed by atoms with Gasteiger partial charge in [0.05, 0.1) is 0 Å². The smallest absolute Gasteiger partial charge is 0.263 e. The van der Waals surface area contributed by atoms with E-state index in [2.05, 4.69) is 10.3 Å². The number of halogens is 2. The Morgan fingerprint density at radius 1 is 1.26 bits per heavy atom. The number of hydrogen-bond acceptors (Lipinski definition) is 3. The van der Waals surface area contributed by atoms with Crippen LogP contribution in [-0.4, -0.2) is 28.8 Å². The number of benzene rings is 2. The standard InChI is InChI=1S/C20H20ClFN2O2S/c1-20(2,26-15-6-3-13(21)4-7-15)19(25)23-9-10-27-18-12-24-17-11-14(22)5-8-16(17)18/h3-8,11-12,24H,9-10H2,1-2H3,(H,23,25). The van der Waals surface area contributed by atoms with Crippen molar-refractivity contribution in [1.82, 2.24) is 10.3 Å². The predicted molar refractivity (Wildman–Crippen MR) is 108 cm³/mol. The molecule has 4 nitrogen and oxygen atoms in total. The van der Waals surface area contributed by atoms with Gasteiger partial charge in [-0.15, -0.1) is 11.8 Å². The SMILES string of the molecule is CC(C)(Oc1ccc(Cl)cc1)C(=O)NCCSc1c[nH]c2cc(F)ccc12. The van der Waals surface area contributed by atoms with Gasteiger partial charge in [0.25, 0.3) is 5.91 Å². The van der Waals surface area contributed by atoms with Crippen molar-refractivity contribution in [3.63, 3.8) is 0 Å². The van der Waals surface area contributed by atoms with E-state index in [1.54, 1.807) is 55.9 Å². The summed E-state index contributed by atoms with van der Waals surface area (Å²) in [6, 6.07) is 11.6. The fourth-order valence-corrected chi connectivity index (χ4v) is 3.60. The van der Waals surface area contributed by atoms with Crippen LogP contribution in [0.15, 0.2) is 53.6 Å². The lowest BCUT2D eigenvalue weighted by Crippen LogP contribution is -2.47. The molecule has 1 aromatic heterocycles. The van der Waals surface area contributed by atoms with E-state index in [1.165, 1.54) is 12.1 Å². The minimum absolute atomic E-state index is 0.195. The lowest BCUT2D eigenvalue weighted by atomic mass is 10.1. The van der Waals surface area contributed by atoms with Crippen molar-refractivity contribution in [3.8, 4) is 5.75 Å². The third-order valence-electron chi connectivity index (χ3n) is 3.98. The highest BCUT2D eigenvalue weighted by Gasteiger charge is 2.29. The second-order valence-electron chi connectivity index (χ2n) is 6.51. The van der Waals surface area contributed by atoms with Crippen LogP contribution in [0.2, 0.25) is 5.02 Å². The van der Waals surface area contributed by atoms with Gasteiger partial charge < -0.3 is 15.0 Å². The molecular formula is C20H20ClFN2O2S. The van der Waals surface area contributed by atoms with Gasteiger partial charge in [-0.2, -0.15) is 0 Å². The maximum atomic E-state index is 13.2. The highest BCUT2D eigenvalue weighted by molar-refractivity contribution is 7.99. The van der Waals surface area contributed by atoms with Crippen LogP contribution in [0.4, 0.5) is 4.39 Å². The van der Waals surface area contributed by atoms with E-state index in [-0.39, 0.29) is 11.7 Å². The van der Waals surface area contributed by atoms with Gasteiger partial charge in [-0.05, 0) is 56.3 Å². The Kier molecular flexibility index (Phi) is 5.97. The van der Waals surface area contributed by atoms with Crippen LogP contribution in [0.25, 0.3) is 10.9 Å². The first kappa shape index (κ1) is 19.6. The van der Waals surface area contributed by atoms with Gasteiger partial charge >= 0.3 is 0 Å². The topological polar surface area (TPSA) is 54.1 Å². The molecule has 0 atom stereocenters. The second kappa shape index (κ2) is 8.23. The van der Waals surface area contributed by atoms with E-state index in [0.717, 1.165) is 15.8 Å². The summed E-state index contributed by atoms with van der Waals surface area (Å²) in [5.41, 5.74) is -0.240. The summed E-state index contributed by atoms with van der Waals surface area (Å²) in [7, 11) is 0. The van der Waals surface area contributed by atoms with Gasteiger partial charge in [-0.3, -0.25) is 4.79 Å². The number of amides is 1. The Labute approximate surface area is 166 Å². The van der Waals surface area contributed by atoms with Crippen LogP contribution in [0, 0.1) is 5.82 Å². The summed E-state index contributed by atoms with van der Waals surface area (Å²) in [5, 5.41) is 4.48. The molecule has 0 fully saturated rings. The molecule has 0 bridgehead atoms. The summed E-state index contributed by atoms with van der Waals surface area (Å²) >= 11 is 7.46. The molecule has 0 saturated carbocycles. The molecule has 2 N–H and O–H groups in total. The maximum Gasteiger partial charge on any atom is 0.263 e. The van der Waals surface area contributed by atoms with Crippen LogP contribution in [0.3, 0.4) is 0 Å². The fraction of sp³-hybridized carbons (Fsp3) is 0.250. The Morgan fingerprint density at radius 3 is 2.74 bits per heavy atom. The summed E-state index contributed by atoms with van der Waals surface area (Å²) < 4.78 is 19.0. The normalized spacial score (nSPS) is 11.6. The molecule has 7 heteroatoms. The third-order valence-corrected chi connectivity index (χ3v) is 5.29. The number of thioether (sulfide) groups is 1. The average molecular weight is 407 g/mol. The van der Waals surface area contributed by atoms with Crippen molar-refractivity contribution in [1.29, 1.82) is 0 Å². The van der Waals surface area contributed by atoms with Gasteiger partial charge in [0.15, 0.2) is 5.60 Å². The minimum Gasteiger partial charge on any atom is -0.478 e. The van der Waals surface area contributed by atoms with E-state index in [1.807, 2.05) is 6.20 Å². The van der Waals surface area contributed by atoms with E-state index in [9.17, 15) is 9.18 Å². The number of H-pyrrole nitrogens is 1. The molecule has 2 aromatic carbocycles. The minimum atomic E-state index is -1.00. The first-order chi connectivity index (χ1) is 12.8. The van der Waals surface area contributed by atoms with Crippen LogP contribution < -0.4 is 10.1 Å². The van der Waals surface area contributed by atoms with E-state index in [0.29, 0.717) is 23.1 Å². The Hall–Kier alpha value is -2.18. The van der Waals surface area contributed by atoms with Gasteiger partial charge in [-0.1, -0.05) is 11.6 Å². The fourth-order valence-electron chi connectivity index (χ4n) is 2.57. The molecular weight excluding hydrogens is 387 g/mol. The zero-order chi connectivity index (χ0) is 19.4. The van der Waals surface area contributed by atoms with Crippen LogP contribution in [-0.2, 0) is 4.79 Å². The first-order valence-electron chi connectivity index (χ1n) is 8.47. The highest BCUT2D eigenvalue weighted by Crippen LogP contribution is 2.28. The molecule has 0 unspecified atom stereocenters. The lowest BCUT2D eigenvalue weighted by molar-refractivity contribution is -0.134. The van der Waals surface area contributed by atoms with E-state index in [4.69, 9.17) is 16.3 Å². The zero-order valence-electron chi connectivity index (χ0n) is 15.0. The van der Waals surface area contributed by atoms with Crippen LogP contribution in [0.1, 0.15) is 13.8 Å². The molecule has 0 aliphatic carbocycles. The van der Waals surface area contributed by atoms with Crippen molar-refractivity contribution in [3.05, 3.63) is 59.5 Å². The molecule has 0 aliphatic rings. The Morgan fingerprint density at radius 2 is 2.00 bits per heavy atom. The molecule has 0 aliphatic heterocycles. The van der Waals surface area contributed by atoms with Gasteiger partial charge in [0.1, 0.15) is 11.6 Å². The van der Waals surface area contributed by atoms with E-state index >= 15 is 0 Å². The second-order valence-corrected chi connectivity index (χ2v) is 8.09. The number of fused-ring (bicyclic) bond motifs is 1. The largest absolute Gasteiger partial charge is 0.478 e. The number of carbonyl (C=O) groups excluding carboxylic acids is 1. The molecule has 27 heavy (non-hydrogen) atoms. The van der Waals surface area contributed by atoms with Crippen molar-refractivity contribution in [2.75, 3.05) is 12.3 Å². The molecule has 3 aromatic rings. The van der Waals surface area contributed by atoms with Crippen molar-refractivity contribution in [2.24, 2.45) is 0 Å². The average Bonchev–Trinajstić information content (AvgIpc) is 3.02. The van der Waals surface area contributed by atoms with Gasteiger partial charge in [0, 0.05) is 39.3 Å². The first-order valence-corrected chi connectivity index (χ1v) is 9.84. The Balaban J connectivity index is 1.50. The number of carbonyl (C=O) groups is 1. The summed E-state index contributed by atoms with van der Waals surface area (Å²) in [5.74, 6) is 0.808. The van der Waals surface area contributed by atoms with Gasteiger partial charge in [-0.25, -0.2) is 4.39 Å². The van der Waals surface area contributed by atoms with Crippen molar-refractivity contribution in [2.45, 2.75) is 24.3 Å². The predicted octanol–water partition coefficient (Wildman–Crippen LogP) is 5.03. The van der Waals surface area contributed by atoms with Crippen molar-refractivity contribution >= 4 is 40.2 Å². The number of aromatic nitrogens is 1. The monoisotopic (exact) mass is 406 g/mol. The molecule has 1 heterocycles. The maximum absolute atomic E-state index is 13.2. The van der Waals surface area contributed by atoms with Crippen LogP contribution in [0.5, 0.6) is 5.75 Å². The zero-order valence-corrected chi connectivity index (χ0v) is 16.6. The molecule has 1 amide bonds. The van der Waals surface area contributed by atoms with Gasteiger partial charge in [0.2, 0.25) is 0 Å². The van der Waals surface area contributed by atoms with Crippen molar-refractivity contribution < 1.29 is 13.9 Å². The number of ether oxygens (including phenoxy) is 1. The highest BCUT2D eigenvalue weighted by atomic mass is 35.5. The summed E-state index contributed by atoms with van der Waals surface area (Å²) in [6.07, 6.45) is 1.85. The number of aromatic amines is 1. The quantitative estimate of drug-likeness (QED) is 0.427. The van der Waals surface area contributed by atoms with E-state index < -0.39 is 5.60 Å². The molecule has 142 valence electrons. The van der Waals surface area contributed by atoms with Crippen LogP contribution >= 0.6 is 23.4 Å². The lowest BCUT2D eigenvalue weighted by Gasteiger charge is -2.25. The number of hydrogen-bond donors (Lipinski definition) is 2. The number of nitrogens with one attached hydrogen (secondary N) is 2. The molecule has 3 rings (SSSR count). The third kappa shape index (κ3) is 4.96.